The summed E-state index contributed by atoms with van der Waals surface area (Å²) in [5.74, 6) is -3.23. The Kier molecular flexibility index (Phi) is 10.6. The number of carbonyl (C=O) groups excluding carboxylic acids is 2. The third-order valence-corrected chi connectivity index (χ3v) is 11.3. The summed E-state index contributed by atoms with van der Waals surface area (Å²) in [6.07, 6.45) is 6.65. The van der Waals surface area contributed by atoms with Gasteiger partial charge in [-0.05, 0) is 43.9 Å². The van der Waals surface area contributed by atoms with E-state index in [1.807, 2.05) is 48.7 Å². The molecule has 9 N–H and O–H groups in total. The van der Waals surface area contributed by atoms with E-state index in [4.69, 9.17) is 16.6 Å². The summed E-state index contributed by atoms with van der Waals surface area (Å²) in [5, 5.41) is 35.5. The number of benzene rings is 1. The first-order valence-electron chi connectivity index (χ1n) is 17.9. The highest BCUT2D eigenvalue weighted by atomic mass is 32.2. The van der Waals surface area contributed by atoms with Gasteiger partial charge in [0.15, 0.2) is 14.9 Å². The zero-order chi connectivity index (χ0) is 38.2. The van der Waals surface area contributed by atoms with Crippen molar-refractivity contribution in [2.24, 2.45) is 17.4 Å². The Labute approximate surface area is 308 Å². The third-order valence-electron chi connectivity index (χ3n) is 9.64. The number of hydrogen-bond acceptors (Lipinski definition) is 13. The number of anilines is 2. The van der Waals surface area contributed by atoms with E-state index in [0.29, 0.717) is 12.2 Å². The van der Waals surface area contributed by atoms with Crippen molar-refractivity contribution in [2.45, 2.75) is 76.0 Å². The Morgan fingerprint density at radius 2 is 1.74 bits per heavy atom. The van der Waals surface area contributed by atoms with Gasteiger partial charge in [0.25, 0.3) is 11.8 Å². The summed E-state index contributed by atoms with van der Waals surface area (Å²) in [4.78, 5) is 32.9. The SMILES string of the molecule is CC.CCS(=O)(=O)c1cccc(C(O)(O)N2CC(n3ncc4c3CN(C)c3c(NC(/C=C(\N)NC(=O)C5CC5)=C(/N)C(=O)NC5CC5)cccc3-4)C2)n1. The number of para-hydroxylation sites is 1. The lowest BCUT2D eigenvalue weighted by Gasteiger charge is -2.46. The van der Waals surface area contributed by atoms with Crippen LogP contribution in [0.5, 0.6) is 0 Å². The summed E-state index contributed by atoms with van der Waals surface area (Å²) in [5.41, 5.74) is 16.8. The minimum Gasteiger partial charge on any atom is -0.393 e. The highest BCUT2D eigenvalue weighted by molar-refractivity contribution is 7.91. The smallest absolute Gasteiger partial charge is 0.271 e. The van der Waals surface area contributed by atoms with Crippen LogP contribution in [-0.4, -0.2) is 82.0 Å². The van der Waals surface area contributed by atoms with Crippen molar-refractivity contribution in [1.82, 2.24) is 30.3 Å². The van der Waals surface area contributed by atoms with Crippen LogP contribution < -0.4 is 32.3 Å². The Morgan fingerprint density at radius 3 is 2.40 bits per heavy atom. The van der Waals surface area contributed by atoms with E-state index in [9.17, 15) is 28.2 Å². The molecule has 2 aromatic heterocycles. The number of allylic oxidation sites excluding steroid dienone is 1. The first kappa shape index (κ1) is 37.8. The Balaban J connectivity index is 0.00000236. The zero-order valence-corrected chi connectivity index (χ0v) is 31.2. The predicted molar refractivity (Wildman–Crippen MR) is 199 cm³/mol. The average molecular weight is 749 g/mol. The molecule has 4 aliphatic rings. The first-order valence-corrected chi connectivity index (χ1v) is 19.6. The number of amides is 2. The van der Waals surface area contributed by atoms with Gasteiger partial charge in [0.2, 0.25) is 5.91 Å². The molecule has 2 amide bonds. The fraction of sp³-hybridized carbons (Fsp3) is 0.444. The van der Waals surface area contributed by atoms with Gasteiger partial charge in [0.1, 0.15) is 17.2 Å². The van der Waals surface area contributed by atoms with Crippen LogP contribution in [0.2, 0.25) is 0 Å². The van der Waals surface area contributed by atoms with Gasteiger partial charge in [-0.1, -0.05) is 39.0 Å². The number of fused-ring (bicyclic) bond motifs is 3. The van der Waals surface area contributed by atoms with Gasteiger partial charge in [-0.25, -0.2) is 18.3 Å². The second-order valence-corrected chi connectivity index (χ2v) is 15.8. The van der Waals surface area contributed by atoms with Gasteiger partial charge in [-0.15, -0.1) is 0 Å². The molecular formula is C36H48N10O6S. The molecule has 3 fully saturated rings. The standard InChI is InChI=1S/C34H42N10O6S.C2H6/c1-3-51(49,50)29-9-5-8-27(40-29)34(47,48)43-16-21(17-43)44-26-18-42(2)31-22(23(26)15-37-44)6-4-7-24(31)39-25(30(36)33(46)38-20-12-13-20)14-28(35)41-32(45)19-10-11-19;1-2/h4-9,14-15,19-21,39,47-48H,3,10-13,16-18,35-36H2,1-2H3,(H,38,46)(H,41,45);1-2H3/b28-14+,30-25+;. The molecule has 0 bridgehead atoms. The molecule has 3 aromatic rings. The molecule has 0 radical (unpaired) electrons. The maximum Gasteiger partial charge on any atom is 0.271 e. The number of aromatic nitrogens is 3. The molecule has 0 unspecified atom stereocenters. The molecule has 1 saturated heterocycles. The lowest BCUT2D eigenvalue weighted by atomic mass is 9.97. The number of rotatable bonds is 12. The molecule has 284 valence electrons. The number of aliphatic hydroxyl groups is 2. The largest absolute Gasteiger partial charge is 0.393 e. The molecule has 16 nitrogen and oxygen atoms in total. The van der Waals surface area contributed by atoms with E-state index in [2.05, 4.69) is 20.9 Å². The van der Waals surface area contributed by atoms with Crippen LogP contribution in [0.1, 0.15) is 63.9 Å². The zero-order valence-electron chi connectivity index (χ0n) is 30.3. The highest BCUT2D eigenvalue weighted by Crippen LogP contribution is 2.45. The van der Waals surface area contributed by atoms with Crippen LogP contribution in [0.15, 0.2) is 70.9 Å². The van der Waals surface area contributed by atoms with Crippen molar-refractivity contribution in [1.29, 1.82) is 0 Å². The van der Waals surface area contributed by atoms with E-state index in [1.165, 1.54) is 36.1 Å². The molecule has 4 heterocycles. The second kappa shape index (κ2) is 14.8. The van der Waals surface area contributed by atoms with E-state index in [1.54, 1.807) is 6.20 Å². The summed E-state index contributed by atoms with van der Waals surface area (Å²) in [6.45, 7) is 6.42. The number of pyridine rings is 1. The minimum absolute atomic E-state index is 0.0589. The molecule has 2 aliphatic carbocycles. The maximum atomic E-state index is 13.0. The van der Waals surface area contributed by atoms with Crippen LogP contribution in [0, 0.1) is 5.92 Å². The molecule has 7 rings (SSSR count). The normalized spacial score (nSPS) is 18.1. The van der Waals surface area contributed by atoms with Gasteiger partial charge in [0, 0.05) is 49.3 Å². The van der Waals surface area contributed by atoms with Crippen LogP contribution >= 0.6 is 0 Å². The molecular weight excluding hydrogens is 701 g/mol. The number of likely N-dealkylation sites (tertiary alicyclic amines) is 1. The summed E-state index contributed by atoms with van der Waals surface area (Å²) >= 11 is 0. The van der Waals surface area contributed by atoms with Gasteiger partial charge >= 0.3 is 0 Å². The van der Waals surface area contributed by atoms with Crippen molar-refractivity contribution in [3.8, 4) is 11.1 Å². The number of nitrogens with zero attached hydrogens (tertiary/aromatic N) is 5. The average Bonchev–Trinajstić information content (AvgIpc) is 4.07. The molecule has 2 aliphatic heterocycles. The van der Waals surface area contributed by atoms with Gasteiger partial charge in [-0.2, -0.15) is 5.10 Å². The van der Waals surface area contributed by atoms with Gasteiger partial charge < -0.3 is 42.5 Å². The van der Waals surface area contributed by atoms with E-state index in [-0.39, 0.29) is 70.7 Å². The summed E-state index contributed by atoms with van der Waals surface area (Å²) in [6, 6.07) is 9.76. The summed E-state index contributed by atoms with van der Waals surface area (Å²) in [7, 11) is -1.71. The predicted octanol–water partition coefficient (Wildman–Crippen LogP) is 1.55. The van der Waals surface area contributed by atoms with Crippen LogP contribution in [0.25, 0.3) is 11.1 Å². The third kappa shape index (κ3) is 7.74. The Morgan fingerprint density at radius 1 is 1.04 bits per heavy atom. The minimum atomic E-state index is -3.64. The van der Waals surface area contributed by atoms with Crippen molar-refractivity contribution in [3.63, 3.8) is 0 Å². The maximum absolute atomic E-state index is 13.0. The van der Waals surface area contributed by atoms with E-state index < -0.39 is 21.7 Å². The van der Waals surface area contributed by atoms with Crippen molar-refractivity contribution >= 4 is 33.0 Å². The van der Waals surface area contributed by atoms with Crippen LogP contribution in [0.4, 0.5) is 11.4 Å². The van der Waals surface area contributed by atoms with E-state index >= 15 is 0 Å². The number of hydrogen-bond donors (Lipinski definition) is 7. The molecule has 17 heteroatoms. The van der Waals surface area contributed by atoms with Crippen LogP contribution in [0.3, 0.4) is 0 Å². The highest BCUT2D eigenvalue weighted by Gasteiger charge is 2.46. The second-order valence-electron chi connectivity index (χ2n) is 13.5. The van der Waals surface area contributed by atoms with Crippen LogP contribution in [-0.2, 0) is 31.9 Å². The Bertz CT molecular complexity index is 2060. The van der Waals surface area contributed by atoms with Crippen molar-refractivity contribution in [3.05, 3.63) is 77.3 Å². The fourth-order valence-corrected chi connectivity index (χ4v) is 7.15. The number of sulfone groups is 1. The summed E-state index contributed by atoms with van der Waals surface area (Å²) < 4.78 is 26.6. The Hall–Kier alpha value is -4.97. The van der Waals surface area contributed by atoms with E-state index in [0.717, 1.165) is 48.2 Å². The van der Waals surface area contributed by atoms with Gasteiger partial charge in [-0.3, -0.25) is 14.3 Å². The molecule has 0 spiro atoms. The fourth-order valence-electron chi connectivity index (χ4n) is 6.33. The van der Waals surface area contributed by atoms with Gasteiger partial charge in [0.05, 0.1) is 47.3 Å². The lowest BCUT2D eigenvalue weighted by Crippen LogP contribution is -2.59. The number of carbonyl (C=O) groups is 2. The number of nitrogens with one attached hydrogen (secondary N) is 3. The molecule has 2 saturated carbocycles. The molecule has 53 heavy (non-hydrogen) atoms. The molecule has 0 atom stereocenters. The lowest BCUT2D eigenvalue weighted by molar-refractivity contribution is -0.302. The van der Waals surface area contributed by atoms with Crippen molar-refractivity contribution in [2.75, 3.05) is 36.1 Å². The topological polar surface area (TPSA) is 234 Å². The first-order chi connectivity index (χ1) is 25.3. The number of nitrogens with two attached hydrogens (primary N) is 2. The molecule has 1 aromatic carbocycles. The monoisotopic (exact) mass is 748 g/mol. The van der Waals surface area contributed by atoms with Crippen molar-refractivity contribution < 1.29 is 28.2 Å². The quantitative estimate of drug-likeness (QED) is 0.0793.